The summed E-state index contributed by atoms with van der Waals surface area (Å²) in [7, 11) is 0. The Kier molecular flexibility index (Phi) is 1.31. The number of ether oxygens (including phenoxy) is 1. The molecular weight excluding hydrogens is 232 g/mol. The van der Waals surface area contributed by atoms with Gasteiger partial charge in [0.15, 0.2) is 5.06 Å². The van der Waals surface area contributed by atoms with E-state index in [1.165, 1.54) is 0 Å². The van der Waals surface area contributed by atoms with Crippen LogP contribution < -0.4 is 0 Å². The third kappa shape index (κ3) is 0.725. The van der Waals surface area contributed by atoms with Gasteiger partial charge in [-0.2, -0.15) is 0 Å². The molecule has 5 atom stereocenters. The van der Waals surface area contributed by atoms with E-state index in [2.05, 4.69) is 0 Å². The van der Waals surface area contributed by atoms with Crippen molar-refractivity contribution < 1.29 is 19.4 Å². The molecule has 0 amide bonds. The van der Waals surface area contributed by atoms with Crippen molar-refractivity contribution in [3.05, 3.63) is 0 Å². The molecule has 1 N–H and O–H groups in total. The topological polar surface area (TPSA) is 63.6 Å². The third-order valence-corrected chi connectivity index (χ3v) is 5.62. The van der Waals surface area contributed by atoms with Gasteiger partial charge in [0.25, 0.3) is 0 Å². The summed E-state index contributed by atoms with van der Waals surface area (Å²) in [5, 5.41) is 8.27. The van der Waals surface area contributed by atoms with E-state index in [9.17, 15) is 14.7 Å². The van der Waals surface area contributed by atoms with Crippen molar-refractivity contribution in [3.8, 4) is 0 Å². The van der Waals surface area contributed by atoms with Crippen molar-refractivity contribution in [3.63, 3.8) is 0 Å². The van der Waals surface area contributed by atoms with Crippen LogP contribution in [0.2, 0.25) is 0 Å². The zero-order chi connectivity index (χ0) is 11.3. The number of aliphatic carboxylic acids is 1. The van der Waals surface area contributed by atoms with Crippen LogP contribution in [0, 0.1) is 29.1 Å². The Morgan fingerprint density at radius 2 is 2.19 bits per heavy atom. The molecule has 0 aromatic heterocycles. The summed E-state index contributed by atoms with van der Waals surface area (Å²) in [5.74, 6) is -2.33. The van der Waals surface area contributed by atoms with Crippen LogP contribution in [0.3, 0.4) is 0 Å². The number of rotatable bonds is 1. The number of fused-ring (bicyclic) bond motifs is 1. The number of carbonyl (C=O) groups is 2. The van der Waals surface area contributed by atoms with Gasteiger partial charge in [-0.3, -0.25) is 9.59 Å². The minimum absolute atomic E-state index is 0.0155. The van der Waals surface area contributed by atoms with Gasteiger partial charge in [-0.1, -0.05) is 11.6 Å². The molecule has 3 aliphatic carbocycles. The number of carbonyl (C=O) groups excluding carboxylic acids is 1. The SMILES string of the molecule is O=C1OC2(Cl)CC3C1C(C(=O)O)C2C31CC1. The summed E-state index contributed by atoms with van der Waals surface area (Å²) in [5.41, 5.74) is 0.0155. The van der Waals surface area contributed by atoms with Crippen LogP contribution in [0.15, 0.2) is 0 Å². The van der Waals surface area contributed by atoms with Crippen molar-refractivity contribution in [2.24, 2.45) is 29.1 Å². The van der Waals surface area contributed by atoms with Crippen molar-refractivity contribution in [2.75, 3.05) is 0 Å². The number of esters is 1. The molecule has 86 valence electrons. The molecule has 1 spiro atoms. The lowest BCUT2D eigenvalue weighted by molar-refractivity contribution is -0.190. The molecule has 0 aromatic carbocycles. The first-order chi connectivity index (χ1) is 7.50. The molecule has 4 nitrogen and oxygen atoms in total. The molecule has 5 rings (SSSR count). The number of hydrogen-bond acceptors (Lipinski definition) is 3. The summed E-state index contributed by atoms with van der Waals surface area (Å²) >= 11 is 6.34. The van der Waals surface area contributed by atoms with Crippen molar-refractivity contribution in [1.29, 1.82) is 0 Å². The van der Waals surface area contributed by atoms with Gasteiger partial charge in [0.05, 0.1) is 11.8 Å². The zero-order valence-electron chi connectivity index (χ0n) is 8.48. The molecule has 0 aromatic rings. The normalized spacial score (nSPS) is 54.4. The number of hydrogen-bond donors (Lipinski definition) is 1. The standard InChI is InChI=1S/C11H11ClO4/c12-11-3-4-5(9(15)16-11)6(8(13)14)7(11)10(4)1-2-10/h4-7H,1-3H2,(H,13,14). The van der Waals surface area contributed by atoms with E-state index in [-0.39, 0.29) is 17.3 Å². The Balaban J connectivity index is 1.91. The number of alkyl halides is 1. The molecule has 0 radical (unpaired) electrons. The first-order valence-electron chi connectivity index (χ1n) is 5.64. The molecule has 5 fully saturated rings. The maximum Gasteiger partial charge on any atom is 0.311 e. The average Bonchev–Trinajstić information content (AvgIpc) is 2.85. The second kappa shape index (κ2) is 2.26. The minimum atomic E-state index is -1.02. The van der Waals surface area contributed by atoms with E-state index >= 15 is 0 Å². The Morgan fingerprint density at radius 1 is 1.50 bits per heavy atom. The molecule has 2 aliphatic heterocycles. The van der Waals surface area contributed by atoms with Crippen LogP contribution in [-0.4, -0.2) is 22.1 Å². The smallest absolute Gasteiger partial charge is 0.311 e. The predicted molar refractivity (Wildman–Crippen MR) is 52.6 cm³/mol. The van der Waals surface area contributed by atoms with E-state index in [1.54, 1.807) is 0 Å². The van der Waals surface area contributed by atoms with E-state index in [4.69, 9.17) is 16.3 Å². The van der Waals surface area contributed by atoms with Crippen LogP contribution >= 0.6 is 11.6 Å². The lowest BCUT2D eigenvalue weighted by Gasteiger charge is -2.43. The predicted octanol–water partition coefficient (Wildman–Crippen LogP) is 1.23. The van der Waals surface area contributed by atoms with Crippen molar-refractivity contribution >= 4 is 23.5 Å². The molecule has 4 bridgehead atoms. The van der Waals surface area contributed by atoms with E-state index in [0.29, 0.717) is 6.42 Å². The molecule has 2 saturated heterocycles. The first-order valence-corrected chi connectivity index (χ1v) is 6.02. The monoisotopic (exact) mass is 242 g/mol. The van der Waals surface area contributed by atoms with Gasteiger partial charge in [0, 0.05) is 12.3 Å². The summed E-state index contributed by atoms with van der Waals surface area (Å²) in [4.78, 5) is 23.1. The fraction of sp³-hybridized carbons (Fsp3) is 0.818. The highest BCUT2D eigenvalue weighted by molar-refractivity contribution is 6.25. The van der Waals surface area contributed by atoms with Gasteiger partial charge >= 0.3 is 11.9 Å². The second-order valence-electron chi connectivity index (χ2n) is 5.62. The Bertz CT molecular complexity index is 430. The molecule has 5 unspecified atom stereocenters. The maximum absolute atomic E-state index is 11.8. The Hall–Kier alpha value is -0.770. The highest BCUT2D eigenvalue weighted by Crippen LogP contribution is 2.80. The molecule has 2 heterocycles. The fourth-order valence-corrected chi connectivity index (χ4v) is 5.23. The Morgan fingerprint density at radius 3 is 2.75 bits per heavy atom. The molecule has 5 aliphatic rings. The molecule has 5 heteroatoms. The highest BCUT2D eigenvalue weighted by atomic mass is 35.5. The lowest BCUT2D eigenvalue weighted by Crippen LogP contribution is -2.54. The van der Waals surface area contributed by atoms with E-state index in [0.717, 1.165) is 12.8 Å². The van der Waals surface area contributed by atoms with Crippen LogP contribution in [0.1, 0.15) is 19.3 Å². The van der Waals surface area contributed by atoms with Gasteiger partial charge in [0.1, 0.15) is 0 Å². The van der Waals surface area contributed by atoms with Crippen LogP contribution in [0.25, 0.3) is 0 Å². The average molecular weight is 243 g/mol. The first kappa shape index (κ1) is 9.28. The van der Waals surface area contributed by atoms with E-state index in [1.807, 2.05) is 0 Å². The van der Waals surface area contributed by atoms with Gasteiger partial charge < -0.3 is 9.84 Å². The largest absolute Gasteiger partial charge is 0.481 e. The summed E-state index contributed by atoms with van der Waals surface area (Å²) in [6.07, 6.45) is 2.67. The van der Waals surface area contributed by atoms with E-state index < -0.39 is 28.8 Å². The van der Waals surface area contributed by atoms with Gasteiger partial charge in [0.2, 0.25) is 0 Å². The van der Waals surface area contributed by atoms with Crippen LogP contribution in [0.4, 0.5) is 0 Å². The maximum atomic E-state index is 11.8. The number of carboxylic acid groups (broad SMARTS) is 1. The van der Waals surface area contributed by atoms with Crippen LogP contribution in [-0.2, 0) is 14.3 Å². The van der Waals surface area contributed by atoms with Gasteiger partial charge in [-0.25, -0.2) is 0 Å². The van der Waals surface area contributed by atoms with Crippen molar-refractivity contribution in [1.82, 2.24) is 0 Å². The minimum Gasteiger partial charge on any atom is -0.481 e. The Labute approximate surface area is 96.9 Å². The second-order valence-corrected chi connectivity index (χ2v) is 6.26. The molecule has 3 saturated carbocycles. The molecule has 16 heavy (non-hydrogen) atoms. The fourth-order valence-electron chi connectivity index (χ4n) is 4.63. The van der Waals surface area contributed by atoms with Gasteiger partial charge in [-0.05, 0) is 24.2 Å². The van der Waals surface area contributed by atoms with Gasteiger partial charge in [-0.15, -0.1) is 0 Å². The zero-order valence-corrected chi connectivity index (χ0v) is 9.24. The molecular formula is C11H11ClO4. The summed E-state index contributed by atoms with van der Waals surface area (Å²) in [6.45, 7) is 0. The quantitative estimate of drug-likeness (QED) is 0.555. The highest BCUT2D eigenvalue weighted by Gasteiger charge is 2.83. The van der Waals surface area contributed by atoms with Crippen molar-refractivity contribution in [2.45, 2.75) is 24.3 Å². The van der Waals surface area contributed by atoms with Crippen LogP contribution in [0.5, 0.6) is 0 Å². The lowest BCUT2D eigenvalue weighted by atomic mass is 9.75. The number of halogens is 1. The summed E-state index contributed by atoms with van der Waals surface area (Å²) < 4.78 is 5.25. The third-order valence-electron chi connectivity index (χ3n) is 5.15. The summed E-state index contributed by atoms with van der Waals surface area (Å²) in [6, 6.07) is 0. The number of carboxylic acids is 1.